The van der Waals surface area contributed by atoms with Crippen LogP contribution in [-0.2, 0) is 16.0 Å². The third kappa shape index (κ3) is 10.6. The van der Waals surface area contributed by atoms with Gasteiger partial charge in [0, 0.05) is 52.9 Å². The number of Topliss-reactive ketones (excluding diaryl/α,β-unsaturated/α-hetero) is 2. The molecular formula is C46H40N4O11. The van der Waals surface area contributed by atoms with Crippen molar-refractivity contribution in [1.29, 1.82) is 5.26 Å². The van der Waals surface area contributed by atoms with Crippen LogP contribution in [0.1, 0.15) is 83.5 Å². The first kappa shape index (κ1) is 43.9. The predicted octanol–water partition coefficient (Wildman–Crippen LogP) is 7.29. The van der Waals surface area contributed by atoms with Crippen molar-refractivity contribution in [1.82, 2.24) is 0 Å². The number of ketones is 2. The molecule has 0 aliphatic heterocycles. The number of allylic oxidation sites excluding steroid dienone is 1. The molecule has 0 aromatic heterocycles. The minimum atomic E-state index is -1.35. The molecule has 1 atom stereocenters. The normalized spacial score (nSPS) is 11.5. The molecule has 0 unspecified atom stereocenters. The molecule has 0 aliphatic rings. The van der Waals surface area contributed by atoms with Gasteiger partial charge in [0.15, 0.2) is 11.6 Å². The van der Waals surface area contributed by atoms with Crippen molar-refractivity contribution < 1.29 is 54.3 Å². The molecular weight excluding hydrogens is 785 g/mol. The van der Waals surface area contributed by atoms with E-state index < -0.39 is 52.6 Å². The van der Waals surface area contributed by atoms with Gasteiger partial charge >= 0.3 is 5.97 Å². The Hall–Kier alpha value is -8.25. The zero-order valence-electron chi connectivity index (χ0n) is 33.1. The Balaban J connectivity index is 1.18. The maximum absolute atomic E-state index is 13.2. The van der Waals surface area contributed by atoms with Crippen molar-refractivity contribution in [3.63, 3.8) is 0 Å². The predicted molar refractivity (Wildman–Crippen MR) is 225 cm³/mol. The summed E-state index contributed by atoms with van der Waals surface area (Å²) >= 11 is 0. The Morgan fingerprint density at radius 1 is 0.689 bits per heavy atom. The van der Waals surface area contributed by atoms with Crippen LogP contribution in [0.25, 0.3) is 6.08 Å². The molecule has 8 N–H and O–H groups in total. The number of benzene rings is 5. The van der Waals surface area contributed by atoms with Crippen molar-refractivity contribution in [2.24, 2.45) is 5.92 Å². The Labute approximate surface area is 349 Å². The monoisotopic (exact) mass is 824 g/mol. The second-order valence-corrected chi connectivity index (χ2v) is 14.1. The Bertz CT molecular complexity index is 2640. The number of hydrogen-bond acceptors (Lipinski definition) is 11. The molecule has 0 spiro atoms. The molecule has 5 aromatic carbocycles. The van der Waals surface area contributed by atoms with Crippen LogP contribution in [-0.4, -0.2) is 60.8 Å². The molecule has 3 amide bonds. The van der Waals surface area contributed by atoms with Gasteiger partial charge in [-0.05, 0) is 98.1 Å². The highest BCUT2D eigenvalue weighted by Crippen LogP contribution is 2.33. The van der Waals surface area contributed by atoms with Gasteiger partial charge in [-0.15, -0.1) is 0 Å². The van der Waals surface area contributed by atoms with Gasteiger partial charge in [-0.25, -0.2) is 4.79 Å². The third-order valence-corrected chi connectivity index (χ3v) is 9.85. The second-order valence-electron chi connectivity index (χ2n) is 14.1. The fraction of sp³-hybridized carbons (Fsp3) is 0.152. The highest BCUT2D eigenvalue weighted by atomic mass is 16.4. The molecule has 0 saturated heterocycles. The fourth-order valence-corrected chi connectivity index (χ4v) is 6.17. The van der Waals surface area contributed by atoms with Crippen molar-refractivity contribution in [2.45, 2.75) is 40.0 Å². The van der Waals surface area contributed by atoms with E-state index in [0.29, 0.717) is 11.1 Å². The largest absolute Gasteiger partial charge is 0.508 e. The van der Waals surface area contributed by atoms with E-state index in [-0.39, 0.29) is 81.2 Å². The summed E-state index contributed by atoms with van der Waals surface area (Å²) in [5.74, 6) is -6.61. The smallest absolute Gasteiger partial charge is 0.339 e. The van der Waals surface area contributed by atoms with E-state index in [9.17, 15) is 59.6 Å². The number of carbonyl (C=O) groups excluding carboxylic acids is 5. The van der Waals surface area contributed by atoms with Crippen molar-refractivity contribution in [3.8, 4) is 29.1 Å². The first-order chi connectivity index (χ1) is 29.0. The van der Waals surface area contributed by atoms with E-state index in [1.165, 1.54) is 68.4 Å². The lowest BCUT2D eigenvalue weighted by Gasteiger charge is -2.16. The summed E-state index contributed by atoms with van der Waals surface area (Å²) in [6, 6.07) is 23.3. The number of aromatic carboxylic acids is 1. The SMILES string of the molecule is C/C(=C\c1ccc(O)cc1)C(=O)Cc1ccc(C(=O)C[C@@H](CC#N)C(=O)Nc2ccc(C(=O)Nc3ccc(C(=O)Nc4ccc(C(=O)O)c(O)c4C)c(O)c3C)cc2O)cc1. The van der Waals surface area contributed by atoms with Gasteiger partial charge < -0.3 is 41.5 Å². The van der Waals surface area contributed by atoms with Gasteiger partial charge in [-0.1, -0.05) is 36.4 Å². The van der Waals surface area contributed by atoms with Crippen LogP contribution >= 0.6 is 0 Å². The van der Waals surface area contributed by atoms with Crippen LogP contribution < -0.4 is 16.0 Å². The number of aromatic hydroxyl groups is 4. The lowest BCUT2D eigenvalue weighted by Crippen LogP contribution is -2.25. The topological polar surface area (TPSA) is 263 Å². The summed E-state index contributed by atoms with van der Waals surface area (Å²) in [6.07, 6.45) is 1.15. The zero-order valence-corrected chi connectivity index (χ0v) is 33.1. The summed E-state index contributed by atoms with van der Waals surface area (Å²) < 4.78 is 0. The van der Waals surface area contributed by atoms with Gasteiger partial charge in [0.25, 0.3) is 11.8 Å². The van der Waals surface area contributed by atoms with Gasteiger partial charge in [0.1, 0.15) is 28.6 Å². The minimum absolute atomic E-state index is 0.0475. The first-order valence-corrected chi connectivity index (χ1v) is 18.6. The number of phenolic OH excluding ortho intramolecular Hbond substituents is 3. The molecule has 310 valence electrons. The number of rotatable bonds is 15. The number of nitrogens with zero attached hydrogens (tertiary/aromatic N) is 1. The number of nitrogens with one attached hydrogen (secondary N) is 3. The molecule has 0 radical (unpaired) electrons. The van der Waals surface area contributed by atoms with Gasteiger partial charge in [0.2, 0.25) is 5.91 Å². The Morgan fingerprint density at radius 3 is 1.84 bits per heavy atom. The number of phenols is 4. The first-order valence-electron chi connectivity index (χ1n) is 18.6. The summed E-state index contributed by atoms with van der Waals surface area (Å²) in [5.41, 5.74) is 1.96. The van der Waals surface area contributed by atoms with E-state index in [2.05, 4.69) is 16.0 Å². The van der Waals surface area contributed by atoms with Crippen molar-refractivity contribution in [2.75, 3.05) is 16.0 Å². The number of hydrogen-bond donors (Lipinski definition) is 8. The van der Waals surface area contributed by atoms with E-state index >= 15 is 0 Å². The fourth-order valence-electron chi connectivity index (χ4n) is 6.17. The summed E-state index contributed by atoms with van der Waals surface area (Å²) in [7, 11) is 0. The van der Waals surface area contributed by atoms with E-state index in [0.717, 1.165) is 17.7 Å². The molecule has 5 rings (SSSR count). The molecule has 15 heteroatoms. The number of amides is 3. The molecule has 0 aliphatic carbocycles. The molecule has 0 fully saturated rings. The number of carboxylic acid groups (broad SMARTS) is 1. The highest BCUT2D eigenvalue weighted by molar-refractivity contribution is 6.10. The Kier molecular flexibility index (Phi) is 13.7. The van der Waals surface area contributed by atoms with Gasteiger partial charge in [0.05, 0.1) is 23.2 Å². The van der Waals surface area contributed by atoms with Crippen LogP contribution in [0.3, 0.4) is 0 Å². The maximum atomic E-state index is 13.2. The summed E-state index contributed by atoms with van der Waals surface area (Å²) in [5, 5.41) is 67.5. The number of carboxylic acids is 1. The molecule has 0 heterocycles. The number of anilines is 3. The van der Waals surface area contributed by atoms with Crippen molar-refractivity contribution >= 4 is 58.4 Å². The minimum Gasteiger partial charge on any atom is -0.508 e. The quantitative estimate of drug-likeness (QED) is 0.0294. The third-order valence-electron chi connectivity index (χ3n) is 9.85. The van der Waals surface area contributed by atoms with E-state index in [1.54, 1.807) is 37.3 Å². The molecule has 15 nitrogen and oxygen atoms in total. The lowest BCUT2D eigenvalue weighted by atomic mass is 9.94. The average molecular weight is 825 g/mol. The van der Waals surface area contributed by atoms with Gasteiger partial charge in [-0.2, -0.15) is 5.26 Å². The number of nitriles is 1. The van der Waals surface area contributed by atoms with Gasteiger partial charge in [-0.3, -0.25) is 24.0 Å². The van der Waals surface area contributed by atoms with E-state index in [4.69, 9.17) is 0 Å². The maximum Gasteiger partial charge on any atom is 0.339 e. The van der Waals surface area contributed by atoms with Crippen LogP contribution in [0.4, 0.5) is 17.1 Å². The highest BCUT2D eigenvalue weighted by Gasteiger charge is 2.25. The van der Waals surface area contributed by atoms with Crippen molar-refractivity contribution in [3.05, 3.63) is 141 Å². The summed E-state index contributed by atoms with van der Waals surface area (Å²) in [4.78, 5) is 76.7. The Morgan fingerprint density at radius 2 is 1.25 bits per heavy atom. The lowest BCUT2D eigenvalue weighted by molar-refractivity contribution is -0.119. The van der Waals surface area contributed by atoms with E-state index in [1.807, 2.05) is 6.07 Å². The molecule has 5 aromatic rings. The number of carbonyl (C=O) groups is 6. The van der Waals surface area contributed by atoms with Crippen LogP contribution in [0.2, 0.25) is 0 Å². The average Bonchev–Trinajstić information content (AvgIpc) is 3.22. The molecule has 0 bridgehead atoms. The standard InChI is InChI=1S/C46H40N4O11/c1-24(20-27-6-11-32(51)12-7-27)38(52)21-28-4-8-29(9-5-28)39(53)22-31(18-19-47)44(58)50-37-15-10-30(23-40(37)54)43(57)48-35-16-13-33(41(55)25(35)2)45(59)49-36-17-14-34(46(60)61)42(56)26(36)3/h4-17,20,23,31,51,54-56H,18,21-22H2,1-3H3,(H,48,57)(H,49,59)(H,50,58)(H,60,61)/b24-20+/t31-/m1/s1. The summed E-state index contributed by atoms with van der Waals surface area (Å²) in [6.45, 7) is 4.54. The second kappa shape index (κ2) is 19.0. The molecule has 0 saturated carbocycles. The zero-order chi connectivity index (χ0) is 44.5. The molecule has 61 heavy (non-hydrogen) atoms. The van der Waals surface area contributed by atoms with Crippen LogP contribution in [0, 0.1) is 31.1 Å². The van der Waals surface area contributed by atoms with Crippen LogP contribution in [0.15, 0.2) is 96.6 Å². The van der Waals surface area contributed by atoms with Crippen LogP contribution in [0.5, 0.6) is 23.0 Å².